The van der Waals surface area contributed by atoms with E-state index in [1.54, 1.807) is 0 Å². The van der Waals surface area contributed by atoms with Crippen LogP contribution in [0.4, 0.5) is 40.9 Å². The molecule has 0 saturated carbocycles. The summed E-state index contributed by atoms with van der Waals surface area (Å²) in [6, 6.07) is 4.37. The molecule has 0 saturated heterocycles. The molecule has 1 aromatic carbocycles. The number of pyridine rings is 2. The maximum Gasteiger partial charge on any atom is 0.433 e. The summed E-state index contributed by atoms with van der Waals surface area (Å²) < 4.78 is 105. The van der Waals surface area contributed by atoms with Gasteiger partial charge in [0.25, 0.3) is 0 Å². The average molecular weight is 420 g/mol. The third-order valence-electron chi connectivity index (χ3n) is 3.61. The minimum atomic E-state index is -5.12. The second kappa shape index (κ2) is 7.26. The van der Waals surface area contributed by atoms with E-state index in [9.17, 15) is 35.1 Å². The van der Waals surface area contributed by atoms with Gasteiger partial charge in [-0.05, 0) is 36.4 Å². The molecule has 0 amide bonds. The lowest BCUT2D eigenvalue weighted by atomic mass is 10.1. The van der Waals surface area contributed by atoms with Crippen LogP contribution >= 0.6 is 0 Å². The fourth-order valence-electron chi connectivity index (χ4n) is 2.33. The number of hydrogen-bond donors (Lipinski definition) is 1. The summed E-state index contributed by atoms with van der Waals surface area (Å²) in [5.74, 6) is -1.79. The Bertz CT molecular complexity index is 1090. The average Bonchev–Trinajstić information content (AvgIpc) is 2.62. The molecule has 0 fully saturated rings. The van der Waals surface area contributed by atoms with Crippen molar-refractivity contribution in [3.8, 4) is 0 Å². The van der Waals surface area contributed by atoms with E-state index in [1.165, 1.54) is 0 Å². The molecule has 2 heterocycles. The summed E-state index contributed by atoms with van der Waals surface area (Å²) in [5.41, 5.74) is -2.14. The van der Waals surface area contributed by atoms with E-state index < -0.39 is 46.3 Å². The van der Waals surface area contributed by atoms with Crippen molar-refractivity contribution in [3.05, 3.63) is 64.9 Å². The quantitative estimate of drug-likeness (QED) is 0.351. The van der Waals surface area contributed by atoms with E-state index >= 15 is 0 Å². The van der Waals surface area contributed by atoms with E-state index in [4.69, 9.17) is 0 Å². The Hall–Kier alpha value is -3.31. The zero-order valence-electron chi connectivity index (χ0n) is 13.9. The van der Waals surface area contributed by atoms with Crippen LogP contribution in [0.3, 0.4) is 0 Å². The molecule has 152 valence electrons. The number of halogens is 8. The Morgan fingerprint density at radius 3 is 2.24 bits per heavy atom. The molecular weight excluding hydrogens is 412 g/mol. The summed E-state index contributed by atoms with van der Waals surface area (Å²) in [5, 5.41) is 2.90. The predicted octanol–water partition coefficient (Wildman–Crippen LogP) is 5.39. The minimum absolute atomic E-state index is 0.0952. The van der Waals surface area contributed by atoms with Crippen LogP contribution < -0.4 is 5.43 Å². The Balaban J connectivity index is 1.98. The van der Waals surface area contributed by atoms with Gasteiger partial charge in [0, 0.05) is 10.9 Å². The topological polar surface area (TPSA) is 50.2 Å². The summed E-state index contributed by atoms with van der Waals surface area (Å²) in [4.78, 5) is 6.73. The molecule has 0 unspecified atom stereocenters. The lowest BCUT2D eigenvalue weighted by Crippen LogP contribution is -2.14. The highest BCUT2D eigenvalue weighted by molar-refractivity contribution is 5.82. The molecule has 0 aliphatic heterocycles. The van der Waals surface area contributed by atoms with Crippen molar-refractivity contribution in [2.75, 3.05) is 5.43 Å². The maximum atomic E-state index is 13.5. The van der Waals surface area contributed by atoms with Crippen molar-refractivity contribution in [3.63, 3.8) is 0 Å². The SMILES string of the molecule is Fc1ccc(F)c(/C=N\Nc2ccc3c(C(F)(F)F)cc(C(F)(F)F)nc3n2)c1. The van der Waals surface area contributed by atoms with E-state index in [-0.39, 0.29) is 17.4 Å². The monoisotopic (exact) mass is 420 g/mol. The second-order valence-corrected chi connectivity index (χ2v) is 5.65. The molecule has 3 rings (SSSR count). The number of hydrogen-bond acceptors (Lipinski definition) is 4. The van der Waals surface area contributed by atoms with E-state index in [0.717, 1.165) is 36.5 Å². The van der Waals surface area contributed by atoms with Gasteiger partial charge in [-0.15, -0.1) is 0 Å². The van der Waals surface area contributed by atoms with Crippen LogP contribution in [0.5, 0.6) is 0 Å². The first-order valence-corrected chi connectivity index (χ1v) is 7.65. The fraction of sp³-hybridized carbons (Fsp3) is 0.118. The van der Waals surface area contributed by atoms with Gasteiger partial charge in [0.15, 0.2) is 5.65 Å². The van der Waals surface area contributed by atoms with Gasteiger partial charge in [-0.2, -0.15) is 31.4 Å². The molecule has 12 heteroatoms. The zero-order valence-corrected chi connectivity index (χ0v) is 13.9. The first kappa shape index (κ1) is 20.4. The van der Waals surface area contributed by atoms with Crippen LogP contribution in [0, 0.1) is 11.6 Å². The number of fused-ring (bicyclic) bond motifs is 1. The molecule has 0 bridgehead atoms. The lowest BCUT2D eigenvalue weighted by Gasteiger charge is -2.14. The van der Waals surface area contributed by atoms with Crippen LogP contribution in [-0.2, 0) is 12.4 Å². The van der Waals surface area contributed by atoms with Crippen molar-refractivity contribution in [1.29, 1.82) is 0 Å². The van der Waals surface area contributed by atoms with Gasteiger partial charge in [0.2, 0.25) is 0 Å². The third-order valence-corrected chi connectivity index (χ3v) is 3.61. The van der Waals surface area contributed by atoms with Crippen molar-refractivity contribution in [2.24, 2.45) is 5.10 Å². The number of nitrogens with zero attached hydrogens (tertiary/aromatic N) is 3. The smallest absolute Gasteiger partial charge is 0.261 e. The zero-order chi connectivity index (χ0) is 21.4. The molecule has 1 N–H and O–H groups in total. The first-order chi connectivity index (χ1) is 13.4. The van der Waals surface area contributed by atoms with Gasteiger partial charge in [-0.1, -0.05) is 0 Å². The van der Waals surface area contributed by atoms with Crippen molar-refractivity contribution in [2.45, 2.75) is 12.4 Å². The van der Waals surface area contributed by atoms with Gasteiger partial charge in [0.1, 0.15) is 23.1 Å². The molecule has 0 aliphatic carbocycles. The molecule has 4 nitrogen and oxygen atoms in total. The lowest BCUT2D eigenvalue weighted by molar-refractivity contribution is -0.144. The Kier molecular flexibility index (Phi) is 5.11. The summed E-state index contributed by atoms with van der Waals surface area (Å²) in [6.07, 6.45) is -9.32. The summed E-state index contributed by atoms with van der Waals surface area (Å²) in [7, 11) is 0. The van der Waals surface area contributed by atoms with E-state index in [1.807, 2.05) is 0 Å². The molecule has 3 aromatic rings. The maximum absolute atomic E-state index is 13.5. The molecule has 0 radical (unpaired) electrons. The molecule has 2 aromatic heterocycles. The van der Waals surface area contributed by atoms with Gasteiger partial charge in [-0.3, -0.25) is 5.43 Å². The van der Waals surface area contributed by atoms with Crippen LogP contribution in [0.15, 0.2) is 41.5 Å². The highest BCUT2D eigenvalue weighted by Gasteiger charge is 2.39. The highest BCUT2D eigenvalue weighted by atomic mass is 19.4. The van der Waals surface area contributed by atoms with Gasteiger partial charge >= 0.3 is 12.4 Å². The number of hydrazone groups is 1. The summed E-state index contributed by atoms with van der Waals surface area (Å²) in [6.45, 7) is 0. The number of alkyl halides is 6. The van der Waals surface area contributed by atoms with Crippen molar-refractivity contribution < 1.29 is 35.1 Å². The largest absolute Gasteiger partial charge is 0.433 e. The predicted molar refractivity (Wildman–Crippen MR) is 87.1 cm³/mol. The van der Waals surface area contributed by atoms with E-state index in [2.05, 4.69) is 20.5 Å². The number of anilines is 1. The van der Waals surface area contributed by atoms with Crippen LogP contribution in [0.1, 0.15) is 16.8 Å². The van der Waals surface area contributed by atoms with Gasteiger partial charge in [-0.25, -0.2) is 18.7 Å². The minimum Gasteiger partial charge on any atom is -0.261 e. The van der Waals surface area contributed by atoms with Crippen LogP contribution in [0.2, 0.25) is 0 Å². The van der Waals surface area contributed by atoms with Crippen LogP contribution in [-0.4, -0.2) is 16.2 Å². The Morgan fingerprint density at radius 1 is 0.862 bits per heavy atom. The standard InChI is InChI=1S/C17H8F8N4/c18-9-1-3-12(19)8(5-9)7-26-29-14-4-2-10-11(16(20,21)22)6-13(17(23,24)25)27-15(10)28-14/h1-7H,(H,27,28,29)/b26-7-. The van der Waals surface area contributed by atoms with Gasteiger partial charge < -0.3 is 0 Å². The van der Waals surface area contributed by atoms with Crippen molar-refractivity contribution >= 4 is 23.1 Å². The van der Waals surface area contributed by atoms with E-state index in [0.29, 0.717) is 0 Å². The number of rotatable bonds is 3. The number of benzene rings is 1. The molecule has 29 heavy (non-hydrogen) atoms. The number of aromatic nitrogens is 2. The third kappa shape index (κ3) is 4.58. The Labute approximate surface area is 156 Å². The fourth-order valence-corrected chi connectivity index (χ4v) is 2.33. The highest BCUT2D eigenvalue weighted by Crippen LogP contribution is 2.38. The van der Waals surface area contributed by atoms with Crippen molar-refractivity contribution in [1.82, 2.24) is 9.97 Å². The second-order valence-electron chi connectivity index (χ2n) is 5.65. The molecule has 0 spiro atoms. The molecule has 0 aliphatic rings. The normalized spacial score (nSPS) is 12.7. The molecule has 0 atom stereocenters. The summed E-state index contributed by atoms with van der Waals surface area (Å²) >= 11 is 0. The molecular formula is C17H8F8N4. The van der Waals surface area contributed by atoms with Crippen LogP contribution in [0.25, 0.3) is 11.0 Å². The van der Waals surface area contributed by atoms with Gasteiger partial charge in [0.05, 0.1) is 11.8 Å². The first-order valence-electron chi connectivity index (χ1n) is 7.65. The number of nitrogens with one attached hydrogen (secondary N) is 1. The Morgan fingerprint density at radius 2 is 1.59 bits per heavy atom.